The van der Waals surface area contributed by atoms with E-state index >= 15 is 0 Å². The molecule has 2 fully saturated rings. The van der Waals surface area contributed by atoms with Crippen LogP contribution in [0.25, 0.3) is 0 Å². The highest BCUT2D eigenvalue weighted by atomic mass is 16.5. The van der Waals surface area contributed by atoms with Gasteiger partial charge < -0.3 is 19.1 Å². The Morgan fingerprint density at radius 1 is 1.50 bits per heavy atom. The van der Waals surface area contributed by atoms with Crippen LogP contribution in [0.5, 0.6) is 0 Å². The van der Waals surface area contributed by atoms with Crippen molar-refractivity contribution in [2.24, 2.45) is 5.92 Å². The summed E-state index contributed by atoms with van der Waals surface area (Å²) in [5.41, 5.74) is 0.311. The number of fused-ring (bicyclic) bond motifs is 1. The molecule has 0 saturated carbocycles. The second kappa shape index (κ2) is 4.59. The van der Waals surface area contributed by atoms with Gasteiger partial charge in [0.1, 0.15) is 11.9 Å². The highest BCUT2D eigenvalue weighted by Crippen LogP contribution is 2.33. The van der Waals surface area contributed by atoms with Crippen molar-refractivity contribution in [1.29, 1.82) is 0 Å². The molecule has 1 aromatic rings. The van der Waals surface area contributed by atoms with Crippen molar-refractivity contribution in [3.05, 3.63) is 17.5 Å². The molecule has 0 aromatic carbocycles. The van der Waals surface area contributed by atoms with E-state index in [0.717, 1.165) is 0 Å². The molecule has 2 amide bonds. The van der Waals surface area contributed by atoms with E-state index in [1.807, 2.05) is 0 Å². The molecule has 3 rings (SSSR count). The minimum absolute atomic E-state index is 0.00752. The Morgan fingerprint density at radius 2 is 2.25 bits per heavy atom. The monoisotopic (exact) mass is 279 g/mol. The second-order valence-electron chi connectivity index (χ2n) is 5.37. The lowest BCUT2D eigenvalue weighted by molar-refractivity contribution is -0.136. The lowest BCUT2D eigenvalue weighted by Crippen LogP contribution is -2.39. The van der Waals surface area contributed by atoms with Crippen LogP contribution >= 0.6 is 0 Å². The quantitative estimate of drug-likeness (QED) is 0.756. The highest BCUT2D eigenvalue weighted by molar-refractivity contribution is 5.93. The fourth-order valence-corrected chi connectivity index (χ4v) is 3.14. The molecule has 20 heavy (non-hydrogen) atoms. The van der Waals surface area contributed by atoms with Crippen molar-refractivity contribution >= 4 is 11.8 Å². The minimum Gasteiger partial charge on any atom is -0.371 e. The number of aryl methyl sites for hydroxylation is 1. The van der Waals surface area contributed by atoms with Crippen LogP contribution in [0.1, 0.15) is 16.2 Å². The van der Waals surface area contributed by atoms with Crippen molar-refractivity contribution in [3.63, 3.8) is 0 Å². The van der Waals surface area contributed by atoms with E-state index in [1.54, 1.807) is 29.8 Å². The van der Waals surface area contributed by atoms with Crippen LogP contribution in [0.15, 0.2) is 10.6 Å². The molecule has 0 N–H and O–H groups in total. The lowest BCUT2D eigenvalue weighted by atomic mass is 10.0. The standard InChI is InChI=1S/C13H17N3O4/c1-7-4-9(14-20-7)12(17)16-5-8-10(6-16)15(2)13(18)11(8)19-3/h4,8,10-11H,5-6H2,1-3H3/t8-,10+,11-/m0/s1. The number of hydrogen-bond acceptors (Lipinski definition) is 5. The molecule has 0 aliphatic carbocycles. The number of carbonyl (C=O) groups is 2. The van der Waals surface area contributed by atoms with Crippen LogP contribution in [-0.4, -0.2) is 66.2 Å². The molecular weight excluding hydrogens is 262 g/mol. The molecule has 2 aliphatic rings. The first-order valence-corrected chi connectivity index (χ1v) is 6.55. The van der Waals surface area contributed by atoms with Crippen molar-refractivity contribution in [2.75, 3.05) is 27.2 Å². The van der Waals surface area contributed by atoms with Gasteiger partial charge in [0.25, 0.3) is 11.8 Å². The van der Waals surface area contributed by atoms with Gasteiger partial charge in [0.15, 0.2) is 5.69 Å². The van der Waals surface area contributed by atoms with E-state index in [9.17, 15) is 9.59 Å². The number of hydrogen-bond donors (Lipinski definition) is 0. The molecule has 3 atom stereocenters. The SMILES string of the molecule is CO[C@@H]1C(=O)N(C)[C@@H]2CN(C(=O)c3cc(C)on3)C[C@H]12. The predicted molar refractivity (Wildman–Crippen MR) is 68.0 cm³/mol. The average Bonchev–Trinajstić information content (AvgIpc) is 3.08. The molecular formula is C13H17N3O4. The lowest BCUT2D eigenvalue weighted by Gasteiger charge is -2.21. The maximum Gasteiger partial charge on any atom is 0.276 e. The van der Waals surface area contributed by atoms with Crippen molar-refractivity contribution < 1.29 is 18.8 Å². The van der Waals surface area contributed by atoms with Gasteiger partial charge in [-0.2, -0.15) is 0 Å². The number of carbonyl (C=O) groups excluding carboxylic acids is 2. The maximum absolute atomic E-state index is 12.3. The van der Waals surface area contributed by atoms with Gasteiger partial charge >= 0.3 is 0 Å². The smallest absolute Gasteiger partial charge is 0.276 e. The summed E-state index contributed by atoms with van der Waals surface area (Å²) in [6, 6.07) is 1.64. The number of likely N-dealkylation sites (tertiary alicyclic amines) is 2. The molecule has 2 aliphatic heterocycles. The van der Waals surface area contributed by atoms with Crippen molar-refractivity contribution in [1.82, 2.24) is 15.0 Å². The van der Waals surface area contributed by atoms with Gasteiger partial charge in [-0.25, -0.2) is 0 Å². The van der Waals surface area contributed by atoms with Crippen LogP contribution in [0, 0.1) is 12.8 Å². The zero-order valence-electron chi connectivity index (χ0n) is 11.7. The first kappa shape index (κ1) is 13.1. The van der Waals surface area contributed by atoms with Gasteiger partial charge in [0.05, 0.1) is 6.04 Å². The molecule has 0 bridgehead atoms. The molecule has 108 valence electrons. The van der Waals surface area contributed by atoms with Crippen LogP contribution < -0.4 is 0 Å². The van der Waals surface area contributed by atoms with Crippen LogP contribution in [0.2, 0.25) is 0 Å². The van der Waals surface area contributed by atoms with E-state index in [0.29, 0.717) is 24.5 Å². The molecule has 7 heteroatoms. The molecule has 3 heterocycles. The van der Waals surface area contributed by atoms with E-state index in [4.69, 9.17) is 9.26 Å². The summed E-state index contributed by atoms with van der Waals surface area (Å²) in [7, 11) is 3.29. The fraction of sp³-hybridized carbons (Fsp3) is 0.615. The van der Waals surface area contributed by atoms with E-state index in [2.05, 4.69) is 5.16 Å². The van der Waals surface area contributed by atoms with E-state index < -0.39 is 6.10 Å². The van der Waals surface area contributed by atoms with Gasteiger partial charge in [-0.1, -0.05) is 5.16 Å². The van der Waals surface area contributed by atoms with Gasteiger partial charge in [0, 0.05) is 39.2 Å². The van der Waals surface area contributed by atoms with E-state index in [1.165, 1.54) is 7.11 Å². The summed E-state index contributed by atoms with van der Waals surface area (Å²) in [6.45, 7) is 2.76. The Kier molecular flexibility index (Phi) is 3.01. The summed E-state index contributed by atoms with van der Waals surface area (Å²) in [5.74, 6) is 0.461. The summed E-state index contributed by atoms with van der Waals surface area (Å²) < 4.78 is 10.2. The number of rotatable bonds is 2. The Hall–Kier alpha value is -1.89. The second-order valence-corrected chi connectivity index (χ2v) is 5.37. The zero-order valence-corrected chi connectivity index (χ0v) is 11.7. The Balaban J connectivity index is 1.77. The Morgan fingerprint density at radius 3 is 2.85 bits per heavy atom. The van der Waals surface area contributed by atoms with Gasteiger partial charge in [0.2, 0.25) is 0 Å². The molecule has 2 saturated heterocycles. The molecule has 0 unspecified atom stereocenters. The van der Waals surface area contributed by atoms with Gasteiger partial charge in [-0.05, 0) is 6.92 Å². The normalized spacial score (nSPS) is 29.1. The fourth-order valence-electron chi connectivity index (χ4n) is 3.14. The summed E-state index contributed by atoms with van der Waals surface area (Å²) in [6.07, 6.45) is -0.457. The molecule has 0 radical (unpaired) electrons. The largest absolute Gasteiger partial charge is 0.371 e. The average molecular weight is 279 g/mol. The summed E-state index contributed by atoms with van der Waals surface area (Å²) >= 11 is 0. The zero-order chi connectivity index (χ0) is 14.4. The predicted octanol–water partition coefficient (Wildman–Crippen LogP) is -0.0894. The maximum atomic E-state index is 12.3. The third-order valence-corrected chi connectivity index (χ3v) is 4.20. The van der Waals surface area contributed by atoms with Crippen LogP contribution in [0.4, 0.5) is 0 Å². The van der Waals surface area contributed by atoms with Gasteiger partial charge in [-0.15, -0.1) is 0 Å². The summed E-state index contributed by atoms with van der Waals surface area (Å²) in [4.78, 5) is 27.7. The summed E-state index contributed by atoms with van der Waals surface area (Å²) in [5, 5.41) is 3.75. The van der Waals surface area contributed by atoms with E-state index in [-0.39, 0.29) is 23.8 Å². The number of likely N-dealkylation sites (N-methyl/N-ethyl adjacent to an activating group) is 1. The molecule has 7 nitrogen and oxygen atoms in total. The van der Waals surface area contributed by atoms with Crippen LogP contribution in [-0.2, 0) is 9.53 Å². The number of aromatic nitrogens is 1. The molecule has 1 aromatic heterocycles. The number of nitrogens with zero attached hydrogens (tertiary/aromatic N) is 3. The highest BCUT2D eigenvalue weighted by Gasteiger charge is 2.52. The number of amides is 2. The third kappa shape index (κ3) is 1.81. The number of methoxy groups -OCH3 is 1. The Labute approximate surface area is 116 Å². The van der Waals surface area contributed by atoms with Crippen LogP contribution in [0.3, 0.4) is 0 Å². The third-order valence-electron chi connectivity index (χ3n) is 4.20. The number of ether oxygens (including phenoxy) is 1. The van der Waals surface area contributed by atoms with Crippen molar-refractivity contribution in [2.45, 2.75) is 19.1 Å². The molecule has 0 spiro atoms. The topological polar surface area (TPSA) is 75.9 Å². The Bertz CT molecular complexity index is 556. The van der Waals surface area contributed by atoms with Gasteiger partial charge in [-0.3, -0.25) is 9.59 Å². The minimum atomic E-state index is -0.457. The van der Waals surface area contributed by atoms with Crippen molar-refractivity contribution in [3.8, 4) is 0 Å². The first-order valence-electron chi connectivity index (χ1n) is 6.55. The first-order chi connectivity index (χ1) is 9.52.